The van der Waals surface area contributed by atoms with Gasteiger partial charge in [0.05, 0.1) is 6.33 Å². The largest absolute Gasteiger partial charge is 0.612 e. The lowest BCUT2D eigenvalue weighted by atomic mass is 10.3. The summed E-state index contributed by atoms with van der Waals surface area (Å²) >= 11 is -0.909. The molecule has 1 unspecified atom stereocenters. The first-order valence-electron chi connectivity index (χ1n) is 4.19. The normalized spacial score (nSPS) is 12.7. The summed E-state index contributed by atoms with van der Waals surface area (Å²) in [5.41, 5.74) is 1.02. The van der Waals surface area contributed by atoms with Gasteiger partial charge < -0.3 is 9.12 Å². The van der Waals surface area contributed by atoms with Crippen molar-refractivity contribution in [2.24, 2.45) is 0 Å². The number of hydrogen-bond acceptors (Lipinski definition) is 2. The first kappa shape index (κ1) is 9.30. The molecule has 0 amide bonds. The van der Waals surface area contributed by atoms with Crippen LogP contribution in [0.5, 0.6) is 0 Å². The summed E-state index contributed by atoms with van der Waals surface area (Å²) in [6.07, 6.45) is 7.01. The molecular weight excluding hydrogens is 196 g/mol. The Labute approximate surface area is 85.6 Å². The van der Waals surface area contributed by atoms with Gasteiger partial charge >= 0.3 is 0 Å². The van der Waals surface area contributed by atoms with Crippen molar-refractivity contribution in [1.29, 1.82) is 0 Å². The maximum absolute atomic E-state index is 11.1. The standard InChI is InChI=1S/C10H10N2OS/c1-14(13)10-4-2-9(3-5-10)12-7-6-11-8-12/h2-8H,1H3. The van der Waals surface area contributed by atoms with Gasteiger partial charge in [0.15, 0.2) is 4.90 Å². The Balaban J connectivity index is 2.31. The van der Waals surface area contributed by atoms with Crippen LogP contribution in [0.3, 0.4) is 0 Å². The van der Waals surface area contributed by atoms with Crippen LogP contribution in [0.1, 0.15) is 0 Å². The zero-order chi connectivity index (χ0) is 9.97. The highest BCUT2D eigenvalue weighted by molar-refractivity contribution is 7.90. The van der Waals surface area contributed by atoms with Crippen LogP contribution in [0, 0.1) is 0 Å². The van der Waals surface area contributed by atoms with Gasteiger partial charge in [0.25, 0.3) is 0 Å². The predicted octanol–water partition coefficient (Wildman–Crippen LogP) is 1.61. The van der Waals surface area contributed by atoms with Gasteiger partial charge in [-0.2, -0.15) is 0 Å². The van der Waals surface area contributed by atoms with E-state index in [1.165, 1.54) is 0 Å². The molecule has 1 aromatic heterocycles. The third kappa shape index (κ3) is 1.81. The van der Waals surface area contributed by atoms with E-state index in [1.54, 1.807) is 18.8 Å². The molecule has 0 fully saturated rings. The average molecular weight is 206 g/mol. The Morgan fingerprint density at radius 2 is 2.00 bits per heavy atom. The monoisotopic (exact) mass is 206 g/mol. The number of imidazole rings is 1. The predicted molar refractivity (Wildman–Crippen MR) is 55.9 cm³/mol. The molecule has 0 aliphatic carbocycles. The number of benzene rings is 1. The Morgan fingerprint density at radius 1 is 1.29 bits per heavy atom. The number of nitrogens with zero attached hydrogens (tertiary/aromatic N) is 2. The van der Waals surface area contributed by atoms with Crippen molar-refractivity contribution < 1.29 is 4.55 Å². The van der Waals surface area contributed by atoms with Crippen LogP contribution in [0.15, 0.2) is 47.9 Å². The molecule has 14 heavy (non-hydrogen) atoms. The highest BCUT2D eigenvalue weighted by atomic mass is 32.2. The number of hydrogen-bond donors (Lipinski definition) is 0. The van der Waals surface area contributed by atoms with Crippen LogP contribution in [0.4, 0.5) is 0 Å². The molecular formula is C10H10N2OS. The lowest BCUT2D eigenvalue weighted by Gasteiger charge is -2.05. The molecule has 0 radical (unpaired) electrons. The van der Waals surface area contributed by atoms with Crippen LogP contribution in [-0.2, 0) is 11.2 Å². The zero-order valence-electron chi connectivity index (χ0n) is 7.75. The van der Waals surface area contributed by atoms with Gasteiger partial charge in [0, 0.05) is 18.1 Å². The van der Waals surface area contributed by atoms with Crippen LogP contribution in [0.25, 0.3) is 5.69 Å². The Bertz CT molecular complexity index is 395. The van der Waals surface area contributed by atoms with Crippen molar-refractivity contribution in [3.05, 3.63) is 43.0 Å². The van der Waals surface area contributed by atoms with E-state index >= 15 is 0 Å². The van der Waals surface area contributed by atoms with Crippen molar-refractivity contribution >= 4 is 11.2 Å². The molecule has 0 saturated carbocycles. The van der Waals surface area contributed by atoms with Gasteiger partial charge in [-0.3, -0.25) is 0 Å². The second-order valence-electron chi connectivity index (χ2n) is 2.92. The highest BCUT2D eigenvalue weighted by Crippen LogP contribution is 2.12. The van der Waals surface area contributed by atoms with Crippen LogP contribution in [0.2, 0.25) is 0 Å². The Hall–Kier alpha value is -1.26. The molecule has 0 spiro atoms. The van der Waals surface area contributed by atoms with Gasteiger partial charge in [-0.05, 0) is 35.4 Å². The molecule has 1 aromatic carbocycles. The topological polar surface area (TPSA) is 40.9 Å². The second-order valence-corrected chi connectivity index (χ2v) is 4.30. The minimum atomic E-state index is -0.909. The smallest absolute Gasteiger partial charge is 0.152 e. The number of aromatic nitrogens is 2. The molecule has 1 atom stereocenters. The molecule has 0 aliphatic rings. The molecule has 4 heteroatoms. The first-order chi connectivity index (χ1) is 6.77. The lowest BCUT2D eigenvalue weighted by Crippen LogP contribution is -1.97. The first-order valence-corrected chi connectivity index (χ1v) is 5.75. The minimum Gasteiger partial charge on any atom is -0.612 e. The quantitative estimate of drug-likeness (QED) is 0.700. The van der Waals surface area contributed by atoms with Crippen molar-refractivity contribution in [2.75, 3.05) is 6.26 Å². The summed E-state index contributed by atoms with van der Waals surface area (Å²) in [7, 11) is 0. The van der Waals surface area contributed by atoms with E-state index in [0.29, 0.717) is 0 Å². The molecule has 72 valence electrons. The van der Waals surface area contributed by atoms with Gasteiger partial charge in [-0.1, -0.05) is 0 Å². The van der Waals surface area contributed by atoms with E-state index in [9.17, 15) is 4.55 Å². The van der Waals surface area contributed by atoms with Crippen LogP contribution >= 0.6 is 0 Å². The summed E-state index contributed by atoms with van der Waals surface area (Å²) in [4.78, 5) is 4.80. The van der Waals surface area contributed by atoms with E-state index in [-0.39, 0.29) is 0 Å². The summed E-state index contributed by atoms with van der Waals surface area (Å²) in [5, 5.41) is 0. The fourth-order valence-corrected chi connectivity index (χ4v) is 1.74. The maximum Gasteiger partial charge on any atom is 0.152 e. The molecule has 0 N–H and O–H groups in total. The molecule has 0 bridgehead atoms. The van der Waals surface area contributed by atoms with Crippen molar-refractivity contribution in [1.82, 2.24) is 9.55 Å². The fraction of sp³-hybridized carbons (Fsp3) is 0.100. The molecule has 1 heterocycles. The van der Waals surface area contributed by atoms with Crippen molar-refractivity contribution in [2.45, 2.75) is 4.90 Å². The van der Waals surface area contributed by atoms with Gasteiger partial charge in [0.2, 0.25) is 0 Å². The van der Waals surface area contributed by atoms with Crippen molar-refractivity contribution in [3.63, 3.8) is 0 Å². The lowest BCUT2D eigenvalue weighted by molar-refractivity contribution is 0.601. The third-order valence-corrected chi connectivity index (χ3v) is 2.91. The average Bonchev–Trinajstić information content (AvgIpc) is 2.71. The highest BCUT2D eigenvalue weighted by Gasteiger charge is 2.03. The summed E-state index contributed by atoms with van der Waals surface area (Å²) in [6, 6.07) is 7.59. The summed E-state index contributed by atoms with van der Waals surface area (Å²) in [5.74, 6) is 0. The molecule has 0 aliphatic heterocycles. The van der Waals surface area contributed by atoms with Gasteiger partial charge in [-0.15, -0.1) is 0 Å². The SMILES string of the molecule is C[S+]([O-])c1ccc(-n2ccnc2)cc1. The van der Waals surface area contributed by atoms with Crippen LogP contribution < -0.4 is 0 Å². The molecule has 0 saturated heterocycles. The Morgan fingerprint density at radius 3 is 2.50 bits per heavy atom. The van der Waals surface area contributed by atoms with E-state index in [4.69, 9.17) is 0 Å². The summed E-state index contributed by atoms with van der Waals surface area (Å²) < 4.78 is 13.0. The van der Waals surface area contributed by atoms with E-state index in [0.717, 1.165) is 10.6 Å². The molecule has 2 aromatic rings. The fourth-order valence-electron chi connectivity index (χ4n) is 1.22. The molecule has 3 nitrogen and oxygen atoms in total. The Kier molecular flexibility index (Phi) is 2.56. The zero-order valence-corrected chi connectivity index (χ0v) is 8.57. The van der Waals surface area contributed by atoms with E-state index < -0.39 is 11.2 Å². The second kappa shape index (κ2) is 3.86. The third-order valence-electron chi connectivity index (χ3n) is 1.97. The minimum absolute atomic E-state index is 0.842. The van der Waals surface area contributed by atoms with E-state index in [1.807, 2.05) is 35.0 Å². The van der Waals surface area contributed by atoms with Gasteiger partial charge in [-0.25, -0.2) is 4.98 Å². The summed E-state index contributed by atoms with van der Waals surface area (Å²) in [6.45, 7) is 0. The molecule has 2 rings (SSSR count). The van der Waals surface area contributed by atoms with Crippen molar-refractivity contribution in [3.8, 4) is 5.69 Å². The van der Waals surface area contributed by atoms with Crippen LogP contribution in [-0.4, -0.2) is 20.4 Å². The number of rotatable bonds is 2. The van der Waals surface area contributed by atoms with E-state index in [2.05, 4.69) is 4.98 Å². The van der Waals surface area contributed by atoms with Gasteiger partial charge in [0.1, 0.15) is 6.26 Å². The maximum atomic E-state index is 11.1.